The molecule has 1 aliphatic heterocycles. The SMILES string of the molecule is CCC1CC(NC(C)c2cc(F)c(-c3cc(C(C)(C)F)ncc3CF)cc2F)=CN1. The molecule has 0 radical (unpaired) electrons. The van der Waals surface area contributed by atoms with E-state index in [-0.39, 0.29) is 27.9 Å². The molecule has 2 heterocycles. The molecule has 0 saturated carbocycles. The molecule has 2 unspecified atom stereocenters. The molecular weight excluding hydrogens is 394 g/mol. The Hall–Kier alpha value is -2.57. The second-order valence-corrected chi connectivity index (χ2v) is 8.20. The molecule has 0 fully saturated rings. The number of nitrogens with zero attached hydrogens (tertiary/aromatic N) is 1. The number of benzene rings is 1. The number of nitrogens with one attached hydrogen (secondary N) is 2. The summed E-state index contributed by atoms with van der Waals surface area (Å²) in [6, 6.07) is 3.32. The van der Waals surface area contributed by atoms with Crippen molar-refractivity contribution in [1.82, 2.24) is 15.6 Å². The predicted octanol–water partition coefficient (Wildman–Crippen LogP) is 5.96. The molecule has 7 heteroatoms. The van der Waals surface area contributed by atoms with Crippen LogP contribution in [0.3, 0.4) is 0 Å². The van der Waals surface area contributed by atoms with E-state index in [0.29, 0.717) is 6.04 Å². The van der Waals surface area contributed by atoms with Gasteiger partial charge in [0.2, 0.25) is 0 Å². The second kappa shape index (κ2) is 8.66. The molecule has 0 saturated heterocycles. The van der Waals surface area contributed by atoms with Gasteiger partial charge in [0.15, 0.2) is 0 Å². The summed E-state index contributed by atoms with van der Waals surface area (Å²) in [6.07, 6.45) is 4.79. The average Bonchev–Trinajstić information content (AvgIpc) is 3.15. The Balaban J connectivity index is 1.93. The van der Waals surface area contributed by atoms with Crippen LogP contribution in [-0.4, -0.2) is 11.0 Å². The molecule has 0 aliphatic carbocycles. The Morgan fingerprint density at radius 2 is 1.93 bits per heavy atom. The van der Waals surface area contributed by atoms with Gasteiger partial charge in [0.05, 0.1) is 11.7 Å². The summed E-state index contributed by atoms with van der Waals surface area (Å²) < 4.78 is 57.7. The second-order valence-electron chi connectivity index (χ2n) is 8.20. The van der Waals surface area contributed by atoms with Gasteiger partial charge in [-0.2, -0.15) is 0 Å². The average molecular weight is 421 g/mol. The lowest BCUT2D eigenvalue weighted by atomic mass is 9.94. The Morgan fingerprint density at radius 1 is 1.20 bits per heavy atom. The van der Waals surface area contributed by atoms with E-state index in [1.165, 1.54) is 26.1 Å². The monoisotopic (exact) mass is 421 g/mol. The van der Waals surface area contributed by atoms with Gasteiger partial charge in [-0.3, -0.25) is 4.98 Å². The molecule has 162 valence electrons. The quantitative estimate of drug-likeness (QED) is 0.541. The van der Waals surface area contributed by atoms with Crippen LogP contribution < -0.4 is 10.6 Å². The maximum absolute atomic E-state index is 15.0. The summed E-state index contributed by atoms with van der Waals surface area (Å²) in [5.74, 6) is -1.32. The number of aromatic nitrogens is 1. The molecule has 2 aromatic rings. The first kappa shape index (κ1) is 22.1. The van der Waals surface area contributed by atoms with Gasteiger partial charge in [-0.1, -0.05) is 6.92 Å². The van der Waals surface area contributed by atoms with Gasteiger partial charge < -0.3 is 10.6 Å². The number of hydrogen-bond donors (Lipinski definition) is 2. The first-order valence-corrected chi connectivity index (χ1v) is 10.1. The third kappa shape index (κ3) is 4.60. The van der Waals surface area contributed by atoms with Crippen molar-refractivity contribution in [2.24, 2.45) is 0 Å². The molecule has 1 aromatic heterocycles. The van der Waals surface area contributed by atoms with Gasteiger partial charge in [0.25, 0.3) is 0 Å². The summed E-state index contributed by atoms with van der Waals surface area (Å²) >= 11 is 0. The highest BCUT2D eigenvalue weighted by atomic mass is 19.1. The van der Waals surface area contributed by atoms with Crippen molar-refractivity contribution in [1.29, 1.82) is 0 Å². The first-order valence-electron chi connectivity index (χ1n) is 10.1. The van der Waals surface area contributed by atoms with Crippen molar-refractivity contribution >= 4 is 0 Å². The molecule has 3 nitrogen and oxygen atoms in total. The summed E-state index contributed by atoms with van der Waals surface area (Å²) in [5.41, 5.74) is -0.605. The Morgan fingerprint density at radius 3 is 2.53 bits per heavy atom. The zero-order valence-corrected chi connectivity index (χ0v) is 17.6. The van der Waals surface area contributed by atoms with E-state index < -0.39 is 30.0 Å². The van der Waals surface area contributed by atoms with E-state index in [9.17, 15) is 17.6 Å². The van der Waals surface area contributed by atoms with Crippen molar-refractivity contribution in [3.05, 3.63) is 64.7 Å². The van der Waals surface area contributed by atoms with E-state index in [4.69, 9.17) is 0 Å². The third-order valence-corrected chi connectivity index (χ3v) is 5.44. The first-order chi connectivity index (χ1) is 14.1. The van der Waals surface area contributed by atoms with E-state index in [1.807, 2.05) is 6.20 Å². The molecule has 3 rings (SSSR count). The third-order valence-electron chi connectivity index (χ3n) is 5.44. The molecule has 2 atom stereocenters. The van der Waals surface area contributed by atoms with E-state index in [0.717, 1.165) is 30.7 Å². The fourth-order valence-electron chi connectivity index (χ4n) is 3.59. The normalized spacial score (nSPS) is 17.5. The minimum absolute atomic E-state index is 0.0276. The van der Waals surface area contributed by atoms with E-state index >= 15 is 0 Å². The van der Waals surface area contributed by atoms with Crippen LogP contribution >= 0.6 is 0 Å². The maximum atomic E-state index is 15.0. The number of halogens is 4. The molecule has 30 heavy (non-hydrogen) atoms. The summed E-state index contributed by atoms with van der Waals surface area (Å²) in [6.45, 7) is 5.51. The van der Waals surface area contributed by atoms with Crippen LogP contribution in [0.15, 0.2) is 36.3 Å². The Labute approximate surface area is 174 Å². The topological polar surface area (TPSA) is 37.0 Å². The molecule has 1 aliphatic rings. The number of hydrogen-bond acceptors (Lipinski definition) is 3. The van der Waals surface area contributed by atoms with E-state index in [1.54, 1.807) is 6.92 Å². The minimum atomic E-state index is -1.80. The fraction of sp³-hybridized carbons (Fsp3) is 0.435. The molecule has 0 bridgehead atoms. The lowest BCUT2D eigenvalue weighted by molar-refractivity contribution is 0.214. The van der Waals surface area contributed by atoms with Crippen molar-refractivity contribution in [3.8, 4) is 11.1 Å². The highest BCUT2D eigenvalue weighted by Gasteiger charge is 2.25. The lowest BCUT2D eigenvalue weighted by Gasteiger charge is -2.20. The predicted molar refractivity (Wildman–Crippen MR) is 110 cm³/mol. The zero-order valence-electron chi connectivity index (χ0n) is 17.6. The Bertz CT molecular complexity index is 950. The van der Waals surface area contributed by atoms with Crippen molar-refractivity contribution in [2.75, 3.05) is 0 Å². The summed E-state index contributed by atoms with van der Waals surface area (Å²) in [7, 11) is 0. The zero-order chi connectivity index (χ0) is 22.1. The van der Waals surface area contributed by atoms with E-state index in [2.05, 4.69) is 22.5 Å². The highest BCUT2D eigenvalue weighted by Crippen LogP contribution is 2.34. The van der Waals surface area contributed by atoms with Crippen LogP contribution in [0.1, 0.15) is 63.4 Å². The lowest BCUT2D eigenvalue weighted by Crippen LogP contribution is -2.20. The van der Waals surface area contributed by atoms with Crippen molar-refractivity contribution in [3.63, 3.8) is 0 Å². The smallest absolute Gasteiger partial charge is 0.147 e. The van der Waals surface area contributed by atoms with Crippen LogP contribution in [0.25, 0.3) is 11.1 Å². The molecule has 0 spiro atoms. The molecule has 1 aromatic carbocycles. The number of pyridine rings is 1. The molecule has 2 N–H and O–H groups in total. The van der Waals surface area contributed by atoms with Gasteiger partial charge in [0.1, 0.15) is 24.0 Å². The molecular formula is C23H27F4N3. The van der Waals surface area contributed by atoms with Crippen LogP contribution in [0.5, 0.6) is 0 Å². The standard InChI is InChI=1S/C23H27F4N3/c1-5-15-6-16(12-28-15)30-13(2)17-7-21(26)19(8-20(17)25)18-9-22(23(3,4)27)29-11-14(18)10-24/h7-9,11-13,15,28,30H,5-6,10H2,1-4H3. The van der Waals surface area contributed by atoms with Gasteiger partial charge in [-0.05, 0) is 51.0 Å². The fourth-order valence-corrected chi connectivity index (χ4v) is 3.59. The molecule has 0 amide bonds. The summed E-state index contributed by atoms with van der Waals surface area (Å²) in [5, 5.41) is 6.45. The van der Waals surface area contributed by atoms with Gasteiger partial charge >= 0.3 is 0 Å². The largest absolute Gasteiger partial charge is 0.386 e. The van der Waals surface area contributed by atoms with Crippen molar-refractivity contribution in [2.45, 2.75) is 65.0 Å². The van der Waals surface area contributed by atoms with Crippen LogP contribution in [0.2, 0.25) is 0 Å². The van der Waals surface area contributed by atoms with Crippen LogP contribution in [-0.2, 0) is 12.3 Å². The summed E-state index contributed by atoms with van der Waals surface area (Å²) in [4.78, 5) is 3.92. The minimum Gasteiger partial charge on any atom is -0.386 e. The number of alkyl halides is 2. The van der Waals surface area contributed by atoms with Crippen LogP contribution in [0.4, 0.5) is 17.6 Å². The number of rotatable bonds is 7. The highest BCUT2D eigenvalue weighted by molar-refractivity contribution is 5.69. The Kier molecular flexibility index (Phi) is 6.38. The van der Waals surface area contributed by atoms with Gasteiger partial charge in [0, 0.05) is 47.2 Å². The van der Waals surface area contributed by atoms with Crippen molar-refractivity contribution < 1.29 is 17.6 Å². The van der Waals surface area contributed by atoms with Crippen LogP contribution in [0, 0.1) is 11.6 Å². The maximum Gasteiger partial charge on any atom is 0.147 e. The van der Waals surface area contributed by atoms with Gasteiger partial charge in [-0.15, -0.1) is 0 Å². The van der Waals surface area contributed by atoms with Gasteiger partial charge in [-0.25, -0.2) is 17.6 Å².